The second-order valence-electron chi connectivity index (χ2n) is 3.94. The average molecular weight is 186 g/mol. The summed E-state index contributed by atoms with van der Waals surface area (Å²) in [6.45, 7) is 6.62. The van der Waals surface area contributed by atoms with Gasteiger partial charge in [0.15, 0.2) is 0 Å². The maximum atomic E-state index is 5.43. The fourth-order valence-electron chi connectivity index (χ4n) is 1.39. The van der Waals surface area contributed by atoms with Crippen LogP contribution in [0.3, 0.4) is 0 Å². The van der Waals surface area contributed by atoms with E-state index in [0.29, 0.717) is 0 Å². The molecule has 0 aliphatic heterocycles. The van der Waals surface area contributed by atoms with Gasteiger partial charge in [-0.05, 0) is 46.3 Å². The van der Waals surface area contributed by atoms with E-state index in [2.05, 4.69) is 25.8 Å². The Balaban J connectivity index is 3.21. The molecule has 0 radical (unpaired) electrons. The van der Waals surface area contributed by atoms with Crippen LogP contribution in [0.25, 0.3) is 0 Å². The Morgan fingerprint density at radius 1 is 1.15 bits per heavy atom. The van der Waals surface area contributed by atoms with Crippen LogP contribution in [0, 0.1) is 0 Å². The van der Waals surface area contributed by atoms with Crippen LogP contribution < -0.4 is 5.73 Å². The lowest BCUT2D eigenvalue weighted by Crippen LogP contribution is -2.29. The molecule has 0 spiro atoms. The lowest BCUT2D eigenvalue weighted by atomic mass is 10.1. The van der Waals surface area contributed by atoms with E-state index < -0.39 is 0 Å². The molecular formula is C11H26N2. The summed E-state index contributed by atoms with van der Waals surface area (Å²) in [5.41, 5.74) is 5.43. The summed E-state index contributed by atoms with van der Waals surface area (Å²) in [6, 6.07) is 0.731. The largest absolute Gasteiger partial charge is 0.330 e. The van der Waals surface area contributed by atoms with E-state index in [4.69, 9.17) is 5.73 Å². The number of hydrogen-bond acceptors (Lipinski definition) is 2. The SMILES string of the molecule is CCC(C)N(C)CCCCCCN. The zero-order valence-corrected chi connectivity index (χ0v) is 9.55. The van der Waals surface area contributed by atoms with Crippen LogP contribution in [-0.4, -0.2) is 31.1 Å². The molecule has 0 fully saturated rings. The lowest BCUT2D eigenvalue weighted by molar-refractivity contribution is 0.246. The minimum Gasteiger partial charge on any atom is -0.330 e. The Labute approximate surface area is 83.5 Å². The highest BCUT2D eigenvalue weighted by atomic mass is 15.1. The summed E-state index contributed by atoms with van der Waals surface area (Å²) in [5, 5.41) is 0. The van der Waals surface area contributed by atoms with Crippen molar-refractivity contribution in [2.24, 2.45) is 5.73 Å². The van der Waals surface area contributed by atoms with Crippen molar-refractivity contribution in [2.75, 3.05) is 20.1 Å². The standard InChI is InChI=1S/C11H26N2/c1-4-11(2)13(3)10-8-6-5-7-9-12/h11H,4-10,12H2,1-3H3. The van der Waals surface area contributed by atoms with Crippen LogP contribution in [0.1, 0.15) is 46.0 Å². The Morgan fingerprint density at radius 2 is 1.77 bits per heavy atom. The van der Waals surface area contributed by atoms with Gasteiger partial charge >= 0.3 is 0 Å². The maximum Gasteiger partial charge on any atom is 0.00612 e. The van der Waals surface area contributed by atoms with Crippen molar-refractivity contribution in [1.82, 2.24) is 4.90 Å². The molecule has 1 unspecified atom stereocenters. The molecule has 2 nitrogen and oxygen atoms in total. The van der Waals surface area contributed by atoms with Gasteiger partial charge in [0.1, 0.15) is 0 Å². The van der Waals surface area contributed by atoms with Crippen LogP contribution in [0.2, 0.25) is 0 Å². The smallest absolute Gasteiger partial charge is 0.00612 e. The van der Waals surface area contributed by atoms with Gasteiger partial charge in [0, 0.05) is 6.04 Å². The van der Waals surface area contributed by atoms with Crippen molar-refractivity contribution >= 4 is 0 Å². The molecule has 0 bridgehead atoms. The fraction of sp³-hybridized carbons (Fsp3) is 1.00. The monoisotopic (exact) mass is 186 g/mol. The van der Waals surface area contributed by atoms with E-state index in [9.17, 15) is 0 Å². The first-order valence-electron chi connectivity index (χ1n) is 5.62. The molecule has 0 aromatic rings. The first-order chi connectivity index (χ1) is 6.22. The van der Waals surface area contributed by atoms with Crippen molar-refractivity contribution in [2.45, 2.75) is 52.0 Å². The van der Waals surface area contributed by atoms with Gasteiger partial charge in [-0.3, -0.25) is 0 Å². The van der Waals surface area contributed by atoms with Crippen LogP contribution in [0.5, 0.6) is 0 Å². The van der Waals surface area contributed by atoms with Gasteiger partial charge in [0.25, 0.3) is 0 Å². The van der Waals surface area contributed by atoms with Gasteiger partial charge in [0.2, 0.25) is 0 Å². The van der Waals surface area contributed by atoms with Gasteiger partial charge < -0.3 is 10.6 Å². The number of nitrogens with two attached hydrogens (primary N) is 1. The zero-order valence-electron chi connectivity index (χ0n) is 9.55. The summed E-state index contributed by atoms with van der Waals surface area (Å²) < 4.78 is 0. The Hall–Kier alpha value is -0.0800. The van der Waals surface area contributed by atoms with Crippen molar-refractivity contribution in [3.8, 4) is 0 Å². The van der Waals surface area contributed by atoms with Crippen molar-refractivity contribution in [3.05, 3.63) is 0 Å². The number of nitrogens with zero attached hydrogens (tertiary/aromatic N) is 1. The Bertz CT molecular complexity index is 104. The highest BCUT2D eigenvalue weighted by molar-refractivity contribution is 4.60. The molecule has 0 aromatic carbocycles. The first kappa shape index (κ1) is 12.9. The molecule has 0 aliphatic rings. The molecule has 0 rings (SSSR count). The molecule has 2 N–H and O–H groups in total. The third-order valence-corrected chi connectivity index (χ3v) is 2.81. The quantitative estimate of drug-likeness (QED) is 0.589. The molecule has 13 heavy (non-hydrogen) atoms. The summed E-state index contributed by atoms with van der Waals surface area (Å²) in [5.74, 6) is 0. The van der Waals surface area contributed by atoms with E-state index in [1.807, 2.05) is 0 Å². The second-order valence-corrected chi connectivity index (χ2v) is 3.94. The predicted octanol–water partition coefficient (Wildman–Crippen LogP) is 2.24. The molecule has 0 aromatic heterocycles. The molecule has 0 saturated carbocycles. The van der Waals surface area contributed by atoms with E-state index in [-0.39, 0.29) is 0 Å². The lowest BCUT2D eigenvalue weighted by Gasteiger charge is -2.23. The minimum absolute atomic E-state index is 0.731. The molecule has 2 heteroatoms. The van der Waals surface area contributed by atoms with Crippen LogP contribution in [0.4, 0.5) is 0 Å². The van der Waals surface area contributed by atoms with E-state index >= 15 is 0 Å². The molecular weight excluding hydrogens is 160 g/mol. The van der Waals surface area contributed by atoms with Crippen LogP contribution in [-0.2, 0) is 0 Å². The van der Waals surface area contributed by atoms with Crippen LogP contribution >= 0.6 is 0 Å². The first-order valence-corrected chi connectivity index (χ1v) is 5.62. The van der Waals surface area contributed by atoms with Gasteiger partial charge in [-0.15, -0.1) is 0 Å². The number of rotatable bonds is 8. The summed E-state index contributed by atoms with van der Waals surface area (Å²) in [4.78, 5) is 2.45. The van der Waals surface area contributed by atoms with E-state index in [1.165, 1.54) is 38.6 Å². The van der Waals surface area contributed by atoms with Crippen molar-refractivity contribution < 1.29 is 0 Å². The molecule has 0 aliphatic carbocycles. The molecule has 0 saturated heterocycles. The van der Waals surface area contributed by atoms with Gasteiger partial charge in [-0.25, -0.2) is 0 Å². The molecule has 0 amide bonds. The van der Waals surface area contributed by atoms with E-state index in [1.54, 1.807) is 0 Å². The third kappa shape index (κ3) is 7.03. The predicted molar refractivity (Wildman–Crippen MR) is 59.9 cm³/mol. The Kier molecular flexibility index (Phi) is 8.46. The maximum absolute atomic E-state index is 5.43. The van der Waals surface area contributed by atoms with E-state index in [0.717, 1.165) is 12.6 Å². The minimum atomic E-state index is 0.731. The van der Waals surface area contributed by atoms with Gasteiger partial charge in [0.05, 0.1) is 0 Å². The van der Waals surface area contributed by atoms with Gasteiger partial charge in [-0.1, -0.05) is 19.8 Å². The molecule has 0 heterocycles. The summed E-state index contributed by atoms with van der Waals surface area (Å²) >= 11 is 0. The average Bonchev–Trinajstić information content (AvgIpc) is 2.16. The third-order valence-electron chi connectivity index (χ3n) is 2.81. The zero-order chi connectivity index (χ0) is 10.1. The highest BCUT2D eigenvalue weighted by Gasteiger charge is 2.04. The topological polar surface area (TPSA) is 29.3 Å². The second kappa shape index (κ2) is 8.52. The Morgan fingerprint density at radius 3 is 2.31 bits per heavy atom. The highest BCUT2D eigenvalue weighted by Crippen LogP contribution is 2.04. The fourth-order valence-corrected chi connectivity index (χ4v) is 1.39. The molecule has 80 valence electrons. The summed E-state index contributed by atoms with van der Waals surface area (Å²) in [7, 11) is 2.22. The molecule has 1 atom stereocenters. The summed E-state index contributed by atoms with van der Waals surface area (Å²) in [6.07, 6.45) is 6.38. The van der Waals surface area contributed by atoms with Crippen molar-refractivity contribution in [1.29, 1.82) is 0 Å². The van der Waals surface area contributed by atoms with Crippen molar-refractivity contribution in [3.63, 3.8) is 0 Å². The number of unbranched alkanes of at least 4 members (excludes halogenated alkanes) is 3. The van der Waals surface area contributed by atoms with Crippen LogP contribution in [0.15, 0.2) is 0 Å². The van der Waals surface area contributed by atoms with Gasteiger partial charge in [-0.2, -0.15) is 0 Å². The normalized spacial score (nSPS) is 13.6. The number of hydrogen-bond donors (Lipinski definition) is 1.